The first-order valence-corrected chi connectivity index (χ1v) is 14.1. The van der Waals surface area contributed by atoms with E-state index in [1.807, 2.05) is 12.1 Å². The second-order valence-electron chi connectivity index (χ2n) is 10.7. The molecule has 190 valence electrons. The van der Waals surface area contributed by atoms with Crippen LogP contribution in [0, 0.1) is 27.9 Å². The number of nitro groups is 1. The van der Waals surface area contributed by atoms with E-state index < -0.39 is 27.4 Å². The van der Waals surface area contributed by atoms with Gasteiger partial charge in [0.1, 0.15) is 6.54 Å². The highest BCUT2D eigenvalue weighted by molar-refractivity contribution is 7.92. The van der Waals surface area contributed by atoms with Crippen LogP contribution < -0.4 is 9.73 Å². The van der Waals surface area contributed by atoms with E-state index in [0.29, 0.717) is 11.3 Å². The molecule has 10 heteroatoms. The number of rotatable bonds is 8. The number of amides is 1. The quantitative estimate of drug-likeness (QED) is 0.327. The van der Waals surface area contributed by atoms with Crippen molar-refractivity contribution in [2.75, 3.05) is 17.1 Å². The van der Waals surface area contributed by atoms with Crippen molar-refractivity contribution in [3.63, 3.8) is 0 Å². The molecule has 0 unspecified atom stereocenters. The van der Waals surface area contributed by atoms with Crippen LogP contribution in [-0.2, 0) is 20.2 Å². The number of non-ortho nitro benzene ring substituents is 1. The molecule has 4 aliphatic carbocycles. The summed E-state index contributed by atoms with van der Waals surface area (Å²) in [7, 11) is -3.72. The van der Waals surface area contributed by atoms with E-state index >= 15 is 0 Å². The molecule has 1 amide bonds. The summed E-state index contributed by atoms with van der Waals surface area (Å²) < 4.78 is 26.1. The number of benzene rings is 2. The molecule has 1 N–H and O–H groups in total. The zero-order valence-corrected chi connectivity index (χ0v) is 21.0. The topological polar surface area (TPSA) is 122 Å². The average molecular weight is 511 g/mol. The molecule has 0 saturated heterocycles. The van der Waals surface area contributed by atoms with E-state index in [9.17, 15) is 23.3 Å². The van der Waals surface area contributed by atoms with E-state index in [0.717, 1.165) is 28.3 Å². The average Bonchev–Trinajstić information content (AvgIpc) is 2.81. The van der Waals surface area contributed by atoms with Crippen LogP contribution in [0.3, 0.4) is 0 Å². The number of nitrogens with zero attached hydrogens (tertiary/aromatic N) is 3. The smallest absolute Gasteiger partial charge is 0.270 e. The minimum atomic E-state index is -3.72. The molecule has 2 aromatic carbocycles. The summed E-state index contributed by atoms with van der Waals surface area (Å²) >= 11 is 0. The minimum absolute atomic E-state index is 0.0921. The van der Waals surface area contributed by atoms with Gasteiger partial charge in [0.15, 0.2) is 0 Å². The lowest BCUT2D eigenvalue weighted by Crippen LogP contribution is -2.48. The molecule has 0 spiro atoms. The molecule has 2 aromatic rings. The molecule has 4 bridgehead atoms. The second-order valence-corrected chi connectivity index (χ2v) is 12.6. The number of nitro benzene ring substituents is 1. The van der Waals surface area contributed by atoms with Crippen molar-refractivity contribution >= 4 is 33.5 Å². The maximum Gasteiger partial charge on any atom is 0.270 e. The molecule has 36 heavy (non-hydrogen) atoms. The number of nitrogens with one attached hydrogen (secondary N) is 1. The van der Waals surface area contributed by atoms with Crippen LogP contribution in [0.2, 0.25) is 0 Å². The van der Waals surface area contributed by atoms with Gasteiger partial charge in [0.2, 0.25) is 10.0 Å². The Balaban J connectivity index is 1.27. The van der Waals surface area contributed by atoms with Crippen molar-refractivity contribution < 1.29 is 18.1 Å². The van der Waals surface area contributed by atoms with Gasteiger partial charge in [-0.1, -0.05) is 24.3 Å². The highest BCUT2D eigenvalue weighted by Crippen LogP contribution is 2.60. The number of carbonyl (C=O) groups is 1. The van der Waals surface area contributed by atoms with Crippen LogP contribution in [0.25, 0.3) is 0 Å². The maximum atomic E-state index is 12.5. The number of hydrogen-bond donors (Lipinski definition) is 1. The van der Waals surface area contributed by atoms with Gasteiger partial charge in [-0.25, -0.2) is 13.8 Å². The highest BCUT2D eigenvalue weighted by atomic mass is 32.2. The van der Waals surface area contributed by atoms with E-state index in [-0.39, 0.29) is 11.1 Å². The van der Waals surface area contributed by atoms with Gasteiger partial charge in [-0.3, -0.25) is 19.2 Å². The predicted octanol–water partition coefficient (Wildman–Crippen LogP) is 3.98. The number of hydrogen-bond acceptors (Lipinski definition) is 6. The number of anilines is 1. The second kappa shape index (κ2) is 9.31. The molecule has 4 aliphatic rings. The standard InChI is InChI=1S/C26H30N4O5S/c1-36(34,35)29(17-25(31)28-27-16-18-3-2-4-24(12-18)30(32)33)23-7-5-22(6-8-23)26-13-19-9-20(14-26)11-21(10-19)15-26/h2-8,12,16,19-21H,9-11,13-15,17H2,1H3,(H,28,31)/b27-16-. The molecule has 0 heterocycles. The Kier molecular flexibility index (Phi) is 6.32. The van der Waals surface area contributed by atoms with Gasteiger partial charge in [-0.2, -0.15) is 5.10 Å². The highest BCUT2D eigenvalue weighted by Gasteiger charge is 2.51. The fourth-order valence-corrected chi connectivity index (χ4v) is 7.77. The Morgan fingerprint density at radius 1 is 1.11 bits per heavy atom. The number of carbonyl (C=O) groups excluding carboxylic acids is 1. The van der Waals surface area contributed by atoms with Crippen LogP contribution in [0.15, 0.2) is 53.6 Å². The third-order valence-corrected chi connectivity index (χ3v) is 9.12. The Morgan fingerprint density at radius 3 is 2.28 bits per heavy atom. The zero-order valence-electron chi connectivity index (χ0n) is 20.2. The molecular weight excluding hydrogens is 480 g/mol. The molecule has 0 aliphatic heterocycles. The summed E-state index contributed by atoms with van der Waals surface area (Å²) in [4.78, 5) is 22.9. The largest absolute Gasteiger partial charge is 0.271 e. The Bertz CT molecular complexity index is 1270. The molecule has 0 atom stereocenters. The summed E-state index contributed by atoms with van der Waals surface area (Å²) in [6.07, 6.45) is 10.1. The van der Waals surface area contributed by atoms with Gasteiger partial charge in [0.05, 0.1) is 23.1 Å². The van der Waals surface area contributed by atoms with Crippen LogP contribution >= 0.6 is 0 Å². The van der Waals surface area contributed by atoms with Crippen molar-refractivity contribution in [1.82, 2.24) is 5.43 Å². The molecule has 0 radical (unpaired) electrons. The summed E-state index contributed by atoms with van der Waals surface area (Å²) in [5, 5.41) is 14.7. The number of sulfonamides is 1. The fourth-order valence-electron chi connectivity index (χ4n) is 6.91. The Hall–Kier alpha value is -3.27. The normalized spacial score (nSPS) is 26.8. The van der Waals surface area contributed by atoms with Crippen molar-refractivity contribution in [3.8, 4) is 0 Å². The lowest BCUT2D eigenvalue weighted by Gasteiger charge is -2.57. The summed E-state index contributed by atoms with van der Waals surface area (Å²) in [6.45, 7) is -0.429. The van der Waals surface area contributed by atoms with Gasteiger partial charge in [-0.15, -0.1) is 0 Å². The van der Waals surface area contributed by atoms with Gasteiger partial charge in [0.25, 0.3) is 11.6 Å². The monoisotopic (exact) mass is 510 g/mol. The van der Waals surface area contributed by atoms with Gasteiger partial charge >= 0.3 is 0 Å². The third kappa shape index (κ3) is 5.00. The fraction of sp³-hybridized carbons (Fsp3) is 0.462. The van der Waals surface area contributed by atoms with Gasteiger partial charge < -0.3 is 0 Å². The predicted molar refractivity (Wildman–Crippen MR) is 137 cm³/mol. The van der Waals surface area contributed by atoms with Crippen LogP contribution in [0.5, 0.6) is 0 Å². The van der Waals surface area contributed by atoms with Crippen LogP contribution in [0.4, 0.5) is 11.4 Å². The SMILES string of the molecule is CS(=O)(=O)N(CC(=O)N/N=C\c1cccc([N+](=O)[O-])c1)c1ccc(C23CC4CC(CC(C4)C2)C3)cc1. The first-order chi connectivity index (χ1) is 17.1. The van der Waals surface area contributed by atoms with Crippen molar-refractivity contribution in [2.45, 2.75) is 43.9 Å². The van der Waals surface area contributed by atoms with E-state index in [1.165, 1.54) is 68.5 Å². The van der Waals surface area contributed by atoms with E-state index in [1.54, 1.807) is 18.2 Å². The molecule has 6 rings (SSSR count). The first-order valence-electron chi connectivity index (χ1n) is 12.3. The number of hydrazone groups is 1. The molecule has 4 fully saturated rings. The van der Waals surface area contributed by atoms with Crippen molar-refractivity contribution in [3.05, 3.63) is 69.8 Å². The van der Waals surface area contributed by atoms with Gasteiger partial charge in [0, 0.05) is 17.7 Å². The summed E-state index contributed by atoms with van der Waals surface area (Å²) in [5.74, 6) is 1.83. The zero-order chi connectivity index (χ0) is 25.5. The lowest BCUT2D eigenvalue weighted by atomic mass is 9.48. The van der Waals surface area contributed by atoms with Crippen LogP contribution in [-0.4, -0.2) is 38.3 Å². The molecular formula is C26H30N4O5S. The van der Waals surface area contributed by atoms with Crippen molar-refractivity contribution in [2.24, 2.45) is 22.9 Å². The van der Waals surface area contributed by atoms with Gasteiger partial charge in [-0.05, 0) is 79.4 Å². The molecule has 4 saturated carbocycles. The van der Waals surface area contributed by atoms with Crippen molar-refractivity contribution in [1.29, 1.82) is 0 Å². The summed E-state index contributed by atoms with van der Waals surface area (Å²) in [6, 6.07) is 13.5. The summed E-state index contributed by atoms with van der Waals surface area (Å²) in [5.41, 5.74) is 4.58. The Labute approximate surface area is 210 Å². The van der Waals surface area contributed by atoms with E-state index in [4.69, 9.17) is 0 Å². The molecule has 9 nitrogen and oxygen atoms in total. The van der Waals surface area contributed by atoms with Crippen LogP contribution in [0.1, 0.15) is 49.7 Å². The van der Waals surface area contributed by atoms with E-state index in [2.05, 4.69) is 10.5 Å². The first kappa shape index (κ1) is 24.4. The minimum Gasteiger partial charge on any atom is -0.271 e. The Morgan fingerprint density at radius 2 is 1.72 bits per heavy atom. The third-order valence-electron chi connectivity index (χ3n) is 7.98. The molecule has 0 aromatic heterocycles. The maximum absolute atomic E-state index is 12.5. The lowest BCUT2D eigenvalue weighted by molar-refractivity contribution is -0.384.